The van der Waals surface area contributed by atoms with Crippen LogP contribution in [0.4, 0.5) is 10.5 Å². The molecule has 14 heteroatoms. The molecule has 0 bridgehead atoms. The van der Waals surface area contributed by atoms with Crippen molar-refractivity contribution in [2.24, 2.45) is 16.8 Å². The molecule has 262 valence electrons. The summed E-state index contributed by atoms with van der Waals surface area (Å²) in [6.45, 7) is 6.84. The number of aliphatic hydroxyl groups is 1. The van der Waals surface area contributed by atoms with E-state index in [1.807, 2.05) is 44.2 Å². The number of benzene rings is 2. The predicted octanol–water partition coefficient (Wildman–Crippen LogP) is 2.94. The number of nitrogens with one attached hydrogen (secondary N) is 2. The molecule has 2 amide bonds. The summed E-state index contributed by atoms with van der Waals surface area (Å²) >= 11 is 0. The van der Waals surface area contributed by atoms with E-state index in [9.17, 15) is 23.1 Å². The van der Waals surface area contributed by atoms with Crippen molar-refractivity contribution in [3.63, 3.8) is 0 Å². The third-order valence-electron chi connectivity index (χ3n) is 8.84. The van der Waals surface area contributed by atoms with E-state index in [0.29, 0.717) is 43.1 Å². The number of hydrogen-bond donors (Lipinski definition) is 3. The maximum absolute atomic E-state index is 14.2. The Morgan fingerprint density at radius 2 is 1.94 bits per heavy atom. The molecule has 3 heterocycles. The molecule has 48 heavy (non-hydrogen) atoms. The van der Waals surface area contributed by atoms with Crippen molar-refractivity contribution >= 4 is 33.4 Å². The molecule has 13 nitrogen and oxygen atoms in total. The number of fused-ring (bicyclic) bond motifs is 2. The van der Waals surface area contributed by atoms with Gasteiger partial charge in [0.05, 0.1) is 49.3 Å². The van der Waals surface area contributed by atoms with Crippen LogP contribution >= 0.6 is 0 Å². The minimum Gasteiger partial charge on any atom is -0.443 e. The zero-order valence-electron chi connectivity index (χ0n) is 27.8. The number of amides is 2. The van der Waals surface area contributed by atoms with Crippen molar-refractivity contribution in [3.8, 4) is 0 Å². The summed E-state index contributed by atoms with van der Waals surface area (Å²) in [5.41, 5.74) is 2.43. The van der Waals surface area contributed by atoms with Crippen LogP contribution in [0.15, 0.2) is 58.4 Å². The van der Waals surface area contributed by atoms with E-state index in [1.54, 1.807) is 20.1 Å². The van der Waals surface area contributed by atoms with Crippen molar-refractivity contribution in [2.45, 2.75) is 69.0 Å². The van der Waals surface area contributed by atoms with Gasteiger partial charge in [0, 0.05) is 31.6 Å². The van der Waals surface area contributed by atoms with Gasteiger partial charge in [-0.1, -0.05) is 44.2 Å². The number of hydrogen-bond acceptors (Lipinski definition) is 10. The van der Waals surface area contributed by atoms with Gasteiger partial charge in [-0.05, 0) is 55.0 Å². The summed E-state index contributed by atoms with van der Waals surface area (Å²) in [5.74, 6) is -1.16. The fraction of sp³-hybridized carbons (Fsp3) is 0.559. The van der Waals surface area contributed by atoms with Crippen LogP contribution < -0.4 is 10.6 Å². The molecule has 2 aromatic rings. The first kappa shape index (κ1) is 35.9. The Morgan fingerprint density at radius 3 is 2.67 bits per heavy atom. The van der Waals surface area contributed by atoms with Gasteiger partial charge in [0.25, 0.3) is 0 Å². The fourth-order valence-electron chi connectivity index (χ4n) is 6.40. The van der Waals surface area contributed by atoms with Gasteiger partial charge in [-0.15, -0.1) is 0 Å². The second-order valence-electron chi connectivity index (χ2n) is 12.9. The van der Waals surface area contributed by atoms with Crippen LogP contribution in [0.3, 0.4) is 0 Å². The number of aliphatic hydroxyl groups excluding tert-OH is 1. The molecule has 2 fully saturated rings. The SMILES string of the molecule is COCCN=C(C)C1C(=O)Nc2ccc(S(=O)(=O)N(CC(C)C)CC(O)C(Cc3ccccc3)NC(=O)OC3COC4OCCC34)cc21. The average Bonchev–Trinajstić information content (AvgIpc) is 3.75. The third kappa shape index (κ3) is 8.41. The molecular formula is C34H46N4O9S. The predicted molar refractivity (Wildman–Crippen MR) is 178 cm³/mol. The summed E-state index contributed by atoms with van der Waals surface area (Å²) < 4.78 is 51.6. The van der Waals surface area contributed by atoms with E-state index in [4.69, 9.17) is 18.9 Å². The zero-order chi connectivity index (χ0) is 34.4. The number of anilines is 1. The van der Waals surface area contributed by atoms with Gasteiger partial charge in [0.15, 0.2) is 6.29 Å². The van der Waals surface area contributed by atoms with Crippen LogP contribution in [0.1, 0.15) is 44.2 Å². The highest BCUT2D eigenvalue weighted by atomic mass is 32.2. The van der Waals surface area contributed by atoms with Crippen LogP contribution in [0.25, 0.3) is 0 Å². The molecule has 3 N–H and O–H groups in total. The van der Waals surface area contributed by atoms with Gasteiger partial charge in [0.1, 0.15) is 12.0 Å². The van der Waals surface area contributed by atoms with Crippen molar-refractivity contribution in [3.05, 3.63) is 59.7 Å². The monoisotopic (exact) mass is 686 g/mol. The summed E-state index contributed by atoms with van der Waals surface area (Å²) in [7, 11) is -2.60. The van der Waals surface area contributed by atoms with Crippen molar-refractivity contribution in [1.29, 1.82) is 0 Å². The first-order valence-electron chi connectivity index (χ1n) is 16.3. The molecule has 6 atom stereocenters. The Labute approximate surface area is 282 Å². The van der Waals surface area contributed by atoms with E-state index >= 15 is 0 Å². The second-order valence-corrected chi connectivity index (χ2v) is 14.8. The molecule has 0 aromatic heterocycles. The largest absolute Gasteiger partial charge is 0.443 e. The van der Waals surface area contributed by atoms with Gasteiger partial charge in [-0.3, -0.25) is 9.79 Å². The minimum atomic E-state index is -4.16. The summed E-state index contributed by atoms with van der Waals surface area (Å²) in [4.78, 5) is 30.5. The fourth-order valence-corrected chi connectivity index (χ4v) is 8.06. The number of methoxy groups -OCH3 is 1. The van der Waals surface area contributed by atoms with Crippen LogP contribution in [-0.2, 0) is 40.2 Å². The van der Waals surface area contributed by atoms with Crippen LogP contribution in [0.2, 0.25) is 0 Å². The Morgan fingerprint density at radius 1 is 1.17 bits per heavy atom. The molecule has 2 aromatic carbocycles. The molecule has 0 spiro atoms. The standard InChI is InChI=1S/C34H46N4O9S/c1-21(2)18-38(48(42,43)24-10-11-27-26(17-24)31(32(40)36-27)22(3)35-13-15-44-4)19-29(39)28(16-23-8-6-5-7-9-23)37-34(41)47-30-20-46-33-25(30)12-14-45-33/h5-11,17,21,25,28-31,33,39H,12-16,18-20H2,1-4H3,(H,36,40)(H,37,41). The van der Waals surface area contributed by atoms with Crippen LogP contribution in [0, 0.1) is 11.8 Å². The molecule has 0 radical (unpaired) electrons. The lowest BCUT2D eigenvalue weighted by Crippen LogP contribution is -2.51. The first-order valence-corrected chi connectivity index (χ1v) is 17.8. The molecule has 3 aliphatic rings. The summed E-state index contributed by atoms with van der Waals surface area (Å²) in [6.07, 6.45) is -1.94. The molecule has 0 aliphatic carbocycles. The van der Waals surface area contributed by atoms with Crippen molar-refractivity contribution < 1.29 is 42.1 Å². The number of sulfonamides is 1. The molecule has 3 aliphatic heterocycles. The maximum Gasteiger partial charge on any atom is 0.407 e. The van der Waals surface area contributed by atoms with Gasteiger partial charge in [-0.2, -0.15) is 4.31 Å². The number of alkyl carbamates (subject to hydrolysis) is 1. The van der Waals surface area contributed by atoms with E-state index in [-0.39, 0.29) is 48.8 Å². The zero-order valence-corrected chi connectivity index (χ0v) is 28.6. The lowest BCUT2D eigenvalue weighted by atomic mass is 9.96. The number of ether oxygens (including phenoxy) is 4. The topological polar surface area (TPSA) is 165 Å². The number of rotatable bonds is 15. The number of carbonyl (C=O) groups is 2. The summed E-state index contributed by atoms with van der Waals surface area (Å²) in [6, 6.07) is 13.0. The van der Waals surface area contributed by atoms with E-state index < -0.39 is 46.6 Å². The molecule has 6 unspecified atom stereocenters. The smallest absolute Gasteiger partial charge is 0.407 e. The first-order chi connectivity index (χ1) is 23.0. The molecule has 2 saturated heterocycles. The Bertz CT molecular complexity index is 1570. The average molecular weight is 687 g/mol. The quantitative estimate of drug-likeness (QED) is 0.189. The van der Waals surface area contributed by atoms with Crippen molar-refractivity contribution in [1.82, 2.24) is 9.62 Å². The van der Waals surface area contributed by atoms with E-state index in [1.165, 1.54) is 16.4 Å². The highest BCUT2D eigenvalue weighted by molar-refractivity contribution is 7.89. The summed E-state index contributed by atoms with van der Waals surface area (Å²) in [5, 5.41) is 17.3. The maximum atomic E-state index is 14.2. The van der Waals surface area contributed by atoms with Gasteiger partial charge in [-0.25, -0.2) is 13.2 Å². The highest BCUT2D eigenvalue weighted by Gasteiger charge is 2.44. The third-order valence-corrected chi connectivity index (χ3v) is 10.7. The van der Waals surface area contributed by atoms with Gasteiger partial charge >= 0.3 is 6.09 Å². The minimum absolute atomic E-state index is 0.0122. The highest BCUT2D eigenvalue weighted by Crippen LogP contribution is 2.36. The number of nitrogens with zero attached hydrogens (tertiary/aromatic N) is 2. The Balaban J connectivity index is 1.37. The lowest BCUT2D eigenvalue weighted by molar-refractivity contribution is -0.115. The Kier molecular flexibility index (Phi) is 11.9. The van der Waals surface area contributed by atoms with Crippen LogP contribution in [0.5, 0.6) is 0 Å². The molecule has 5 rings (SSSR count). The van der Waals surface area contributed by atoms with Crippen molar-refractivity contribution in [2.75, 3.05) is 51.9 Å². The van der Waals surface area contributed by atoms with Crippen LogP contribution in [-0.4, -0.2) is 107 Å². The van der Waals surface area contributed by atoms with Gasteiger partial charge in [0.2, 0.25) is 15.9 Å². The molecule has 0 saturated carbocycles. The lowest BCUT2D eigenvalue weighted by Gasteiger charge is -2.31. The number of aliphatic imine (C=N–C) groups is 1. The van der Waals surface area contributed by atoms with E-state index in [0.717, 1.165) is 5.56 Å². The number of carbonyl (C=O) groups excluding carboxylic acids is 2. The molecular weight excluding hydrogens is 640 g/mol. The normalized spacial score (nSPS) is 23.6. The Hall–Kier alpha value is -3.40. The van der Waals surface area contributed by atoms with Gasteiger partial charge < -0.3 is 34.7 Å². The second kappa shape index (κ2) is 15.9. The van der Waals surface area contributed by atoms with E-state index in [2.05, 4.69) is 15.6 Å².